The Labute approximate surface area is 187 Å². The van der Waals surface area contributed by atoms with Crippen molar-refractivity contribution in [3.63, 3.8) is 0 Å². The summed E-state index contributed by atoms with van der Waals surface area (Å²) in [5.74, 6) is 1.17. The summed E-state index contributed by atoms with van der Waals surface area (Å²) in [7, 11) is 1.88. The number of para-hydroxylation sites is 1. The number of ether oxygens (including phenoxy) is 3. The molecular weight excluding hydrogens is 408 g/mol. The lowest BCUT2D eigenvalue weighted by molar-refractivity contribution is -0.118. The molecule has 1 N–H and O–H groups in total. The van der Waals surface area contributed by atoms with Gasteiger partial charge in [-0.1, -0.05) is 18.2 Å². The number of nitrogens with zero attached hydrogens (tertiary/aromatic N) is 3. The van der Waals surface area contributed by atoms with Gasteiger partial charge in [-0.05, 0) is 36.4 Å². The number of nitrogens with one attached hydrogen (secondary N) is 1. The van der Waals surface area contributed by atoms with E-state index in [1.54, 1.807) is 10.9 Å². The largest absolute Gasteiger partial charge is 0.492 e. The summed E-state index contributed by atoms with van der Waals surface area (Å²) < 4.78 is 18.8. The minimum atomic E-state index is -0.231. The third kappa shape index (κ3) is 5.87. The quantitative estimate of drug-likeness (QED) is 0.556. The van der Waals surface area contributed by atoms with Crippen LogP contribution in [0.2, 0.25) is 0 Å². The van der Waals surface area contributed by atoms with Gasteiger partial charge in [0.1, 0.15) is 18.1 Å². The van der Waals surface area contributed by atoms with Gasteiger partial charge in [0, 0.05) is 44.1 Å². The molecule has 0 atom stereocenters. The van der Waals surface area contributed by atoms with Crippen molar-refractivity contribution >= 4 is 11.6 Å². The molecule has 1 fully saturated rings. The fourth-order valence-corrected chi connectivity index (χ4v) is 3.54. The smallest absolute Gasteiger partial charge is 0.262 e. The monoisotopic (exact) mass is 436 g/mol. The maximum Gasteiger partial charge on any atom is 0.262 e. The van der Waals surface area contributed by atoms with Crippen LogP contribution in [0.3, 0.4) is 0 Å². The van der Waals surface area contributed by atoms with Crippen molar-refractivity contribution in [2.45, 2.75) is 0 Å². The van der Waals surface area contributed by atoms with Gasteiger partial charge in [0.05, 0.1) is 18.9 Å². The van der Waals surface area contributed by atoms with Gasteiger partial charge in [0.2, 0.25) is 0 Å². The molecule has 4 rings (SSSR count). The van der Waals surface area contributed by atoms with Gasteiger partial charge in [-0.3, -0.25) is 14.4 Å². The first-order valence-corrected chi connectivity index (χ1v) is 10.7. The first kappa shape index (κ1) is 21.9. The minimum Gasteiger partial charge on any atom is -0.492 e. The Kier molecular flexibility index (Phi) is 7.37. The second-order valence-electron chi connectivity index (χ2n) is 7.50. The van der Waals surface area contributed by atoms with E-state index >= 15 is 0 Å². The highest BCUT2D eigenvalue weighted by Gasteiger charge is 2.14. The summed E-state index contributed by atoms with van der Waals surface area (Å²) >= 11 is 0. The van der Waals surface area contributed by atoms with Gasteiger partial charge in [-0.25, -0.2) is 0 Å². The van der Waals surface area contributed by atoms with Crippen LogP contribution in [0.5, 0.6) is 11.5 Å². The highest BCUT2D eigenvalue weighted by Crippen LogP contribution is 2.32. The molecule has 2 aromatic carbocycles. The highest BCUT2D eigenvalue weighted by molar-refractivity contribution is 5.93. The Bertz CT molecular complexity index is 1020. The number of anilines is 1. The maximum absolute atomic E-state index is 12.4. The van der Waals surface area contributed by atoms with E-state index in [1.165, 1.54) is 0 Å². The van der Waals surface area contributed by atoms with Gasteiger partial charge >= 0.3 is 0 Å². The molecule has 32 heavy (non-hydrogen) atoms. The lowest BCUT2D eigenvalue weighted by Gasteiger charge is -2.26. The number of carbonyl (C=O) groups excluding carboxylic acids is 1. The van der Waals surface area contributed by atoms with Gasteiger partial charge in [-0.2, -0.15) is 5.10 Å². The predicted molar refractivity (Wildman–Crippen MR) is 122 cm³/mol. The molecule has 8 nitrogen and oxygen atoms in total. The molecule has 0 bridgehead atoms. The van der Waals surface area contributed by atoms with Crippen LogP contribution in [-0.2, 0) is 16.6 Å². The number of aromatic nitrogens is 2. The summed E-state index contributed by atoms with van der Waals surface area (Å²) in [5.41, 5.74) is 2.44. The highest BCUT2D eigenvalue weighted by atomic mass is 16.5. The van der Waals surface area contributed by atoms with E-state index in [4.69, 9.17) is 14.2 Å². The van der Waals surface area contributed by atoms with Crippen molar-refractivity contribution in [1.29, 1.82) is 0 Å². The lowest BCUT2D eigenvalue weighted by atomic mass is 10.1. The number of rotatable bonds is 9. The van der Waals surface area contributed by atoms with Crippen LogP contribution in [0.25, 0.3) is 11.3 Å². The fourth-order valence-electron chi connectivity index (χ4n) is 3.54. The number of aryl methyl sites for hydroxylation is 1. The first-order chi connectivity index (χ1) is 15.7. The van der Waals surface area contributed by atoms with Gasteiger partial charge in [-0.15, -0.1) is 0 Å². The van der Waals surface area contributed by atoms with Crippen molar-refractivity contribution in [1.82, 2.24) is 14.7 Å². The molecule has 2 heterocycles. The van der Waals surface area contributed by atoms with Crippen molar-refractivity contribution in [3.05, 3.63) is 60.8 Å². The molecule has 0 saturated carbocycles. The van der Waals surface area contributed by atoms with Crippen LogP contribution < -0.4 is 14.8 Å². The zero-order chi connectivity index (χ0) is 22.2. The molecule has 1 saturated heterocycles. The summed E-state index contributed by atoms with van der Waals surface area (Å²) in [5, 5.41) is 7.17. The lowest BCUT2D eigenvalue weighted by Crippen LogP contribution is -2.38. The predicted octanol–water partition coefficient (Wildman–Crippen LogP) is 2.82. The Hall–Kier alpha value is -3.36. The first-order valence-electron chi connectivity index (χ1n) is 10.7. The van der Waals surface area contributed by atoms with Crippen LogP contribution in [-0.4, -0.2) is 66.6 Å². The number of amides is 1. The van der Waals surface area contributed by atoms with E-state index in [0.717, 1.165) is 49.9 Å². The van der Waals surface area contributed by atoms with Crippen molar-refractivity contribution in [2.75, 3.05) is 51.4 Å². The van der Waals surface area contributed by atoms with Crippen LogP contribution in [0.1, 0.15) is 0 Å². The molecule has 168 valence electrons. The topological polar surface area (TPSA) is 77.9 Å². The molecule has 0 aliphatic carbocycles. The fraction of sp³-hybridized carbons (Fsp3) is 0.333. The molecule has 0 spiro atoms. The van der Waals surface area contributed by atoms with Crippen LogP contribution in [0.15, 0.2) is 60.8 Å². The molecule has 1 aromatic heterocycles. The average Bonchev–Trinajstić information content (AvgIpc) is 3.25. The summed E-state index contributed by atoms with van der Waals surface area (Å²) in [6, 6.07) is 16.8. The second kappa shape index (κ2) is 10.8. The summed E-state index contributed by atoms with van der Waals surface area (Å²) in [6.07, 6.45) is 1.74. The van der Waals surface area contributed by atoms with E-state index in [0.29, 0.717) is 18.0 Å². The average molecular weight is 437 g/mol. The van der Waals surface area contributed by atoms with Crippen molar-refractivity contribution in [2.24, 2.45) is 7.05 Å². The zero-order valence-electron chi connectivity index (χ0n) is 18.2. The standard InChI is InChI=1S/C24H28N4O4/c1-27-22(9-10-25-27)21-17-19(26-24(29)18-32-20-5-3-2-4-6-20)7-8-23(21)31-16-13-28-11-14-30-15-12-28/h2-10,17H,11-16,18H2,1H3,(H,26,29). The number of benzene rings is 2. The third-order valence-electron chi connectivity index (χ3n) is 5.24. The molecule has 0 radical (unpaired) electrons. The van der Waals surface area contributed by atoms with E-state index in [2.05, 4.69) is 15.3 Å². The molecule has 1 aliphatic rings. The molecule has 1 amide bonds. The van der Waals surface area contributed by atoms with Crippen LogP contribution in [0, 0.1) is 0 Å². The summed E-state index contributed by atoms with van der Waals surface area (Å²) in [6.45, 7) is 4.72. The molecular formula is C24H28N4O4. The minimum absolute atomic E-state index is 0.0666. The van der Waals surface area contributed by atoms with Gasteiger partial charge < -0.3 is 19.5 Å². The molecule has 3 aromatic rings. The zero-order valence-corrected chi connectivity index (χ0v) is 18.2. The number of morpholine rings is 1. The van der Waals surface area contributed by atoms with Crippen molar-refractivity contribution < 1.29 is 19.0 Å². The van der Waals surface area contributed by atoms with Crippen LogP contribution in [0.4, 0.5) is 5.69 Å². The Balaban J connectivity index is 1.42. The molecule has 0 unspecified atom stereocenters. The van der Waals surface area contributed by atoms with E-state index in [1.807, 2.05) is 61.6 Å². The normalized spacial score (nSPS) is 14.2. The van der Waals surface area contributed by atoms with E-state index < -0.39 is 0 Å². The number of hydrogen-bond donors (Lipinski definition) is 1. The Morgan fingerprint density at radius 2 is 1.91 bits per heavy atom. The molecule has 1 aliphatic heterocycles. The van der Waals surface area contributed by atoms with E-state index in [9.17, 15) is 4.79 Å². The van der Waals surface area contributed by atoms with Gasteiger partial charge in [0.15, 0.2) is 6.61 Å². The maximum atomic E-state index is 12.4. The van der Waals surface area contributed by atoms with Crippen LogP contribution >= 0.6 is 0 Å². The van der Waals surface area contributed by atoms with Gasteiger partial charge in [0.25, 0.3) is 5.91 Å². The SMILES string of the molecule is Cn1nccc1-c1cc(NC(=O)COc2ccccc2)ccc1OCCN1CCOCC1. The van der Waals surface area contributed by atoms with E-state index in [-0.39, 0.29) is 12.5 Å². The second-order valence-corrected chi connectivity index (χ2v) is 7.50. The Morgan fingerprint density at radius 3 is 2.66 bits per heavy atom. The summed E-state index contributed by atoms with van der Waals surface area (Å²) in [4.78, 5) is 14.7. The van der Waals surface area contributed by atoms with Crippen molar-refractivity contribution in [3.8, 4) is 22.8 Å². The number of carbonyl (C=O) groups is 1. The number of hydrogen-bond acceptors (Lipinski definition) is 6. The third-order valence-corrected chi connectivity index (χ3v) is 5.24. The Morgan fingerprint density at radius 1 is 1.09 bits per heavy atom. The molecule has 8 heteroatoms.